The second kappa shape index (κ2) is 8.07. The van der Waals surface area contributed by atoms with Crippen LogP contribution in [0.1, 0.15) is 31.9 Å². The maximum absolute atomic E-state index is 11.9. The summed E-state index contributed by atoms with van der Waals surface area (Å²) in [5.41, 5.74) is 0.383. The van der Waals surface area contributed by atoms with E-state index >= 15 is 0 Å². The van der Waals surface area contributed by atoms with E-state index in [0.717, 1.165) is 12.8 Å². The number of aromatic nitrogens is 3. The molecule has 2 rings (SSSR count). The summed E-state index contributed by atoms with van der Waals surface area (Å²) >= 11 is 0. The molecule has 0 aliphatic carbocycles. The minimum Gasteiger partial charge on any atom is -0.494 e. The van der Waals surface area contributed by atoms with E-state index in [4.69, 9.17) is 9.84 Å². The Hall–Kier alpha value is -2.70. The van der Waals surface area contributed by atoms with Gasteiger partial charge in [-0.3, -0.25) is 9.59 Å². The van der Waals surface area contributed by atoms with E-state index in [9.17, 15) is 9.59 Å². The summed E-state index contributed by atoms with van der Waals surface area (Å²) in [5, 5.41) is 16.4. The van der Waals surface area contributed by atoms with Gasteiger partial charge in [0.05, 0.1) is 13.0 Å². The highest BCUT2D eigenvalue weighted by Crippen LogP contribution is 2.20. The van der Waals surface area contributed by atoms with E-state index in [0.29, 0.717) is 23.7 Å². The quantitative estimate of drug-likeness (QED) is 0.722. The summed E-state index contributed by atoms with van der Waals surface area (Å²) in [6, 6.07) is 7.23. The van der Waals surface area contributed by atoms with Crippen LogP contribution in [0, 0.1) is 0 Å². The predicted molar refractivity (Wildman–Crippen MR) is 84.4 cm³/mol. The van der Waals surface area contributed by atoms with Crippen LogP contribution < -0.4 is 10.3 Å². The van der Waals surface area contributed by atoms with Crippen molar-refractivity contribution in [1.82, 2.24) is 15.2 Å². The average molecular weight is 317 g/mol. The Bertz CT molecular complexity index is 727. The average Bonchev–Trinajstić information content (AvgIpc) is 2.54. The van der Waals surface area contributed by atoms with Crippen LogP contribution in [0.25, 0.3) is 11.4 Å². The molecule has 2 N–H and O–H groups in total. The van der Waals surface area contributed by atoms with Gasteiger partial charge in [0.15, 0.2) is 5.82 Å². The van der Waals surface area contributed by atoms with Crippen LogP contribution in [-0.2, 0) is 11.2 Å². The van der Waals surface area contributed by atoms with Gasteiger partial charge >= 0.3 is 5.97 Å². The van der Waals surface area contributed by atoms with E-state index < -0.39 is 11.5 Å². The standard InChI is InChI=1S/C16H19N3O4/c1-2-3-9-23-12-6-4-5-11(10-12)15-17-16(22)13(18-19-15)7-8-14(20)21/h4-6,10H,2-3,7-9H2,1H3,(H,20,21)(H,17,19,22). The molecule has 1 aromatic carbocycles. The second-order valence-corrected chi connectivity index (χ2v) is 5.07. The number of benzene rings is 1. The number of nitrogens with zero attached hydrogens (tertiary/aromatic N) is 2. The number of hydrogen-bond donors (Lipinski definition) is 2. The number of ether oxygens (including phenoxy) is 1. The number of unbranched alkanes of at least 4 members (excludes halogenated alkanes) is 1. The lowest BCUT2D eigenvalue weighted by Crippen LogP contribution is -2.18. The third kappa shape index (κ3) is 4.91. The Morgan fingerprint density at radius 1 is 1.35 bits per heavy atom. The molecule has 0 aliphatic rings. The summed E-state index contributed by atoms with van der Waals surface area (Å²) in [6.45, 7) is 2.72. The minimum atomic E-state index is -0.979. The van der Waals surface area contributed by atoms with E-state index in [-0.39, 0.29) is 18.5 Å². The van der Waals surface area contributed by atoms with Gasteiger partial charge in [-0.1, -0.05) is 25.5 Å². The Morgan fingerprint density at radius 3 is 2.87 bits per heavy atom. The maximum atomic E-state index is 11.9. The van der Waals surface area contributed by atoms with Crippen LogP contribution >= 0.6 is 0 Å². The normalized spacial score (nSPS) is 10.5. The molecular formula is C16H19N3O4. The zero-order chi connectivity index (χ0) is 16.7. The first-order valence-electron chi connectivity index (χ1n) is 7.51. The van der Waals surface area contributed by atoms with Gasteiger partial charge in [-0.2, -0.15) is 0 Å². The monoisotopic (exact) mass is 317 g/mol. The highest BCUT2D eigenvalue weighted by atomic mass is 16.5. The molecule has 0 saturated carbocycles. The van der Waals surface area contributed by atoms with Crippen molar-refractivity contribution >= 4 is 5.97 Å². The van der Waals surface area contributed by atoms with Crippen LogP contribution in [0.5, 0.6) is 5.75 Å². The van der Waals surface area contributed by atoms with E-state index in [1.54, 1.807) is 12.1 Å². The fourth-order valence-corrected chi connectivity index (χ4v) is 1.95. The van der Waals surface area contributed by atoms with Crippen molar-refractivity contribution in [2.75, 3.05) is 6.61 Å². The summed E-state index contributed by atoms with van der Waals surface area (Å²) in [4.78, 5) is 25.1. The van der Waals surface area contributed by atoms with Crippen LogP contribution in [0.15, 0.2) is 29.1 Å². The smallest absolute Gasteiger partial charge is 0.303 e. The lowest BCUT2D eigenvalue weighted by molar-refractivity contribution is -0.136. The Kier molecular flexibility index (Phi) is 5.85. The molecule has 0 radical (unpaired) electrons. The molecule has 0 unspecified atom stereocenters. The third-order valence-corrected chi connectivity index (χ3v) is 3.21. The molecule has 7 nitrogen and oxygen atoms in total. The molecule has 0 saturated heterocycles. The summed E-state index contributed by atoms with van der Waals surface area (Å²) in [7, 11) is 0. The number of H-pyrrole nitrogens is 1. The molecule has 122 valence electrons. The molecule has 0 amide bonds. The van der Waals surface area contributed by atoms with Crippen molar-refractivity contribution < 1.29 is 14.6 Å². The maximum Gasteiger partial charge on any atom is 0.303 e. The fourth-order valence-electron chi connectivity index (χ4n) is 1.95. The Balaban J connectivity index is 2.15. The van der Waals surface area contributed by atoms with Gasteiger partial charge in [0, 0.05) is 12.0 Å². The van der Waals surface area contributed by atoms with Crippen LogP contribution in [0.3, 0.4) is 0 Å². The van der Waals surface area contributed by atoms with Crippen molar-refractivity contribution in [3.05, 3.63) is 40.3 Å². The third-order valence-electron chi connectivity index (χ3n) is 3.21. The topological polar surface area (TPSA) is 105 Å². The SMILES string of the molecule is CCCCOc1cccc(-c2nnc(CCC(=O)O)c(=O)[nH]2)c1. The largest absolute Gasteiger partial charge is 0.494 e. The Labute approximate surface area is 133 Å². The van der Waals surface area contributed by atoms with Gasteiger partial charge in [-0.15, -0.1) is 10.2 Å². The summed E-state index contributed by atoms with van der Waals surface area (Å²) in [6.07, 6.45) is 1.92. The molecule has 0 atom stereocenters. The van der Waals surface area contributed by atoms with Crippen LogP contribution in [0.4, 0.5) is 0 Å². The predicted octanol–water partition coefficient (Wildman–Crippen LogP) is 2.03. The number of aromatic amines is 1. The zero-order valence-electron chi connectivity index (χ0n) is 12.9. The first kappa shape index (κ1) is 16.7. The Morgan fingerprint density at radius 2 is 2.17 bits per heavy atom. The summed E-state index contributed by atoms with van der Waals surface area (Å²) < 4.78 is 5.62. The summed E-state index contributed by atoms with van der Waals surface area (Å²) in [5.74, 6) is 0.0516. The molecule has 7 heteroatoms. The number of rotatable bonds is 8. The fraction of sp³-hybridized carbons (Fsp3) is 0.375. The lowest BCUT2D eigenvalue weighted by Gasteiger charge is -2.07. The van der Waals surface area contributed by atoms with Crippen molar-refractivity contribution in [3.8, 4) is 17.1 Å². The number of carboxylic acid groups (broad SMARTS) is 1. The van der Waals surface area contributed by atoms with Gasteiger partial charge in [-0.25, -0.2) is 0 Å². The molecule has 1 aromatic heterocycles. The van der Waals surface area contributed by atoms with Crippen molar-refractivity contribution in [1.29, 1.82) is 0 Å². The van der Waals surface area contributed by atoms with Crippen LogP contribution in [-0.4, -0.2) is 32.9 Å². The van der Waals surface area contributed by atoms with Gasteiger partial charge in [0.1, 0.15) is 11.4 Å². The number of aliphatic carboxylic acids is 1. The lowest BCUT2D eigenvalue weighted by atomic mass is 10.2. The molecule has 2 aromatic rings. The number of carbonyl (C=O) groups is 1. The number of hydrogen-bond acceptors (Lipinski definition) is 5. The van der Waals surface area contributed by atoms with Gasteiger partial charge in [0.2, 0.25) is 0 Å². The molecule has 0 spiro atoms. The first-order valence-corrected chi connectivity index (χ1v) is 7.51. The van der Waals surface area contributed by atoms with Crippen molar-refractivity contribution in [2.24, 2.45) is 0 Å². The first-order chi connectivity index (χ1) is 11.1. The number of aryl methyl sites for hydroxylation is 1. The highest BCUT2D eigenvalue weighted by Gasteiger charge is 2.09. The van der Waals surface area contributed by atoms with Crippen molar-refractivity contribution in [2.45, 2.75) is 32.6 Å². The highest BCUT2D eigenvalue weighted by molar-refractivity contribution is 5.67. The van der Waals surface area contributed by atoms with Gasteiger partial charge in [-0.05, 0) is 18.6 Å². The second-order valence-electron chi connectivity index (χ2n) is 5.07. The molecule has 23 heavy (non-hydrogen) atoms. The van der Waals surface area contributed by atoms with E-state index in [2.05, 4.69) is 22.1 Å². The molecule has 0 fully saturated rings. The minimum absolute atomic E-state index is 0.0537. The number of nitrogens with one attached hydrogen (secondary N) is 1. The van der Waals surface area contributed by atoms with Crippen LogP contribution in [0.2, 0.25) is 0 Å². The molecule has 0 aliphatic heterocycles. The number of carboxylic acids is 1. The van der Waals surface area contributed by atoms with Crippen molar-refractivity contribution in [3.63, 3.8) is 0 Å². The zero-order valence-corrected chi connectivity index (χ0v) is 12.9. The van der Waals surface area contributed by atoms with Gasteiger partial charge in [0.25, 0.3) is 5.56 Å². The van der Waals surface area contributed by atoms with E-state index in [1.807, 2.05) is 12.1 Å². The van der Waals surface area contributed by atoms with Gasteiger partial charge < -0.3 is 14.8 Å². The van der Waals surface area contributed by atoms with E-state index in [1.165, 1.54) is 0 Å². The molecule has 0 bridgehead atoms. The molecule has 1 heterocycles. The molecular weight excluding hydrogens is 298 g/mol.